The molecule has 1 heterocycles. The third kappa shape index (κ3) is 5.56. The Morgan fingerprint density at radius 1 is 1.16 bits per heavy atom. The molecule has 2 aromatic rings. The second-order valence-corrected chi connectivity index (χ2v) is 11.8. The molecule has 1 N–H and O–H groups in total. The van der Waals surface area contributed by atoms with Crippen LogP contribution in [0.2, 0.25) is 0 Å². The largest absolute Gasteiger partial charge is 0.376 e. The van der Waals surface area contributed by atoms with Crippen molar-refractivity contribution < 1.29 is 18.1 Å². The number of nitro groups is 1. The smallest absolute Gasteiger partial charge is 0.271 e. The van der Waals surface area contributed by atoms with Gasteiger partial charge in [0.15, 0.2) is 5.78 Å². The SMILES string of the molecule is CC1CC(C)CN(S(=O)(=O)c2cccc(C(=O)CNc3c(Br)cc([N+](=O)[O-])cc3Br)c2)C1. The number of sulfonamides is 1. The highest BCUT2D eigenvalue weighted by atomic mass is 79.9. The first-order valence-electron chi connectivity index (χ1n) is 9.99. The molecular weight excluding hydrogens is 566 g/mol. The molecule has 3 rings (SSSR count). The predicted molar refractivity (Wildman–Crippen MR) is 129 cm³/mol. The topological polar surface area (TPSA) is 110 Å². The summed E-state index contributed by atoms with van der Waals surface area (Å²) in [5, 5.41) is 13.9. The average Bonchev–Trinajstić information content (AvgIpc) is 2.72. The van der Waals surface area contributed by atoms with Gasteiger partial charge in [-0.15, -0.1) is 0 Å². The lowest BCUT2D eigenvalue weighted by atomic mass is 9.94. The Hall–Kier alpha value is -1.82. The van der Waals surface area contributed by atoms with E-state index in [0.29, 0.717) is 27.7 Å². The number of ketones is 1. The van der Waals surface area contributed by atoms with Crippen molar-refractivity contribution in [3.63, 3.8) is 0 Å². The number of carbonyl (C=O) groups excluding carboxylic acids is 1. The van der Waals surface area contributed by atoms with Crippen LogP contribution in [-0.4, -0.2) is 43.1 Å². The standard InChI is InChI=1S/C21H23Br2N3O5S/c1-13-6-14(2)12-25(11-13)32(30,31)17-5-3-4-15(7-17)20(27)10-24-21-18(22)8-16(26(28)29)9-19(21)23/h3-5,7-9,13-14,24H,6,10-12H2,1-2H3. The van der Waals surface area contributed by atoms with Crippen LogP contribution in [0.4, 0.5) is 11.4 Å². The van der Waals surface area contributed by atoms with Crippen LogP contribution in [0.15, 0.2) is 50.2 Å². The maximum Gasteiger partial charge on any atom is 0.271 e. The molecule has 0 aliphatic carbocycles. The first kappa shape index (κ1) is 24.8. The van der Waals surface area contributed by atoms with E-state index in [9.17, 15) is 23.3 Å². The molecule has 1 fully saturated rings. The number of halogens is 2. The van der Waals surface area contributed by atoms with Crippen molar-refractivity contribution in [2.45, 2.75) is 25.2 Å². The number of anilines is 1. The summed E-state index contributed by atoms with van der Waals surface area (Å²) in [6, 6.07) is 8.73. The predicted octanol–water partition coefficient (Wildman–Crippen LogP) is 5.08. The summed E-state index contributed by atoms with van der Waals surface area (Å²) in [4.78, 5) is 23.3. The molecule has 0 bridgehead atoms. The fraction of sp³-hybridized carbons (Fsp3) is 0.381. The van der Waals surface area contributed by atoms with Gasteiger partial charge in [-0.25, -0.2) is 8.42 Å². The van der Waals surface area contributed by atoms with Gasteiger partial charge in [0.2, 0.25) is 10.0 Å². The Kier molecular flexibility index (Phi) is 7.74. The highest BCUT2D eigenvalue weighted by Gasteiger charge is 2.32. The van der Waals surface area contributed by atoms with Crippen molar-refractivity contribution >= 4 is 59.0 Å². The number of nitro benzene ring substituents is 1. The molecule has 172 valence electrons. The zero-order valence-electron chi connectivity index (χ0n) is 17.5. The number of nitrogens with zero attached hydrogens (tertiary/aromatic N) is 2. The molecule has 0 radical (unpaired) electrons. The van der Waals surface area contributed by atoms with Gasteiger partial charge < -0.3 is 5.32 Å². The fourth-order valence-electron chi connectivity index (χ4n) is 3.89. The maximum absolute atomic E-state index is 13.1. The zero-order valence-corrected chi connectivity index (χ0v) is 21.5. The molecule has 1 aliphatic rings. The minimum absolute atomic E-state index is 0.0973. The summed E-state index contributed by atoms with van der Waals surface area (Å²) in [6.07, 6.45) is 0.990. The van der Waals surface area contributed by atoms with Crippen LogP contribution in [-0.2, 0) is 10.0 Å². The van der Waals surface area contributed by atoms with Crippen LogP contribution in [0.1, 0.15) is 30.6 Å². The van der Waals surface area contributed by atoms with Gasteiger partial charge in [0, 0.05) is 39.7 Å². The van der Waals surface area contributed by atoms with Gasteiger partial charge in [-0.05, 0) is 62.2 Å². The lowest BCUT2D eigenvalue weighted by Crippen LogP contribution is -2.42. The summed E-state index contributed by atoms with van der Waals surface area (Å²) < 4.78 is 28.6. The van der Waals surface area contributed by atoms with Gasteiger partial charge >= 0.3 is 0 Å². The van der Waals surface area contributed by atoms with Gasteiger partial charge in [0.25, 0.3) is 5.69 Å². The molecule has 2 atom stereocenters. The molecule has 0 amide bonds. The van der Waals surface area contributed by atoms with E-state index in [2.05, 4.69) is 37.2 Å². The molecule has 32 heavy (non-hydrogen) atoms. The van der Waals surface area contributed by atoms with Gasteiger partial charge in [0.1, 0.15) is 0 Å². The molecule has 1 aliphatic heterocycles. The summed E-state index contributed by atoms with van der Waals surface area (Å²) in [6.45, 7) is 4.90. The van der Waals surface area contributed by atoms with Gasteiger partial charge in [-0.2, -0.15) is 4.31 Å². The van der Waals surface area contributed by atoms with Crippen molar-refractivity contribution in [1.29, 1.82) is 0 Å². The molecular formula is C21H23Br2N3O5S. The number of carbonyl (C=O) groups is 1. The molecule has 11 heteroatoms. The number of rotatable bonds is 7. The van der Waals surface area contributed by atoms with Crippen LogP contribution in [0.5, 0.6) is 0 Å². The number of hydrogen-bond donors (Lipinski definition) is 1. The first-order chi connectivity index (χ1) is 15.0. The second kappa shape index (κ2) is 9.98. The minimum atomic E-state index is -3.70. The second-order valence-electron chi connectivity index (χ2n) is 8.11. The number of nitrogens with one attached hydrogen (secondary N) is 1. The highest BCUT2D eigenvalue weighted by molar-refractivity contribution is 9.11. The van der Waals surface area contributed by atoms with Gasteiger partial charge in [-0.3, -0.25) is 14.9 Å². The Balaban J connectivity index is 1.77. The number of hydrogen-bond acceptors (Lipinski definition) is 6. The summed E-state index contributed by atoms with van der Waals surface area (Å²) >= 11 is 6.54. The molecule has 1 saturated heterocycles. The van der Waals surface area contributed by atoms with E-state index in [4.69, 9.17) is 0 Å². The number of non-ortho nitro benzene ring substituents is 1. The highest BCUT2D eigenvalue weighted by Crippen LogP contribution is 2.35. The third-order valence-electron chi connectivity index (χ3n) is 5.29. The van der Waals surface area contributed by atoms with Crippen molar-refractivity contribution in [2.75, 3.05) is 25.0 Å². The van der Waals surface area contributed by atoms with Crippen LogP contribution in [0.3, 0.4) is 0 Å². The van der Waals surface area contributed by atoms with Crippen LogP contribution >= 0.6 is 31.9 Å². The number of piperidine rings is 1. The van der Waals surface area contributed by atoms with Crippen molar-refractivity contribution in [1.82, 2.24) is 4.31 Å². The average molecular weight is 589 g/mol. The minimum Gasteiger partial charge on any atom is -0.376 e. The van der Waals surface area contributed by atoms with Gasteiger partial charge in [0.05, 0.1) is 22.1 Å². The van der Waals surface area contributed by atoms with Crippen molar-refractivity contribution in [3.05, 3.63) is 61.0 Å². The fourth-order valence-corrected chi connectivity index (χ4v) is 7.05. The normalized spacial score (nSPS) is 19.5. The summed E-state index contributed by atoms with van der Waals surface area (Å²) in [5.74, 6) is 0.252. The van der Waals surface area contributed by atoms with Crippen LogP contribution in [0, 0.1) is 22.0 Å². The van der Waals surface area contributed by atoms with Gasteiger partial charge in [-0.1, -0.05) is 26.0 Å². The lowest BCUT2D eigenvalue weighted by molar-refractivity contribution is -0.385. The lowest BCUT2D eigenvalue weighted by Gasteiger charge is -2.34. The van der Waals surface area contributed by atoms with E-state index in [0.717, 1.165) is 6.42 Å². The van der Waals surface area contributed by atoms with E-state index in [1.54, 1.807) is 12.1 Å². The third-order valence-corrected chi connectivity index (χ3v) is 8.37. The molecule has 2 unspecified atom stereocenters. The first-order valence-corrected chi connectivity index (χ1v) is 13.0. The van der Waals surface area contributed by atoms with Crippen molar-refractivity contribution in [3.8, 4) is 0 Å². The summed E-state index contributed by atoms with van der Waals surface area (Å²) in [7, 11) is -3.70. The molecule has 8 nitrogen and oxygen atoms in total. The Bertz CT molecular complexity index is 1120. The van der Waals surface area contributed by atoms with E-state index in [-0.39, 0.29) is 40.3 Å². The van der Waals surface area contributed by atoms with Crippen LogP contribution in [0.25, 0.3) is 0 Å². The van der Waals surface area contributed by atoms with E-state index < -0.39 is 14.9 Å². The van der Waals surface area contributed by atoms with E-state index in [1.165, 1.54) is 28.6 Å². The monoisotopic (exact) mass is 587 g/mol. The Morgan fingerprint density at radius 3 is 2.31 bits per heavy atom. The van der Waals surface area contributed by atoms with E-state index >= 15 is 0 Å². The summed E-state index contributed by atoms with van der Waals surface area (Å²) in [5.41, 5.74) is 0.662. The molecule has 2 aromatic carbocycles. The molecule has 0 aromatic heterocycles. The maximum atomic E-state index is 13.1. The number of benzene rings is 2. The van der Waals surface area contributed by atoms with Crippen LogP contribution < -0.4 is 5.32 Å². The molecule has 0 spiro atoms. The quantitative estimate of drug-likeness (QED) is 0.274. The zero-order chi connectivity index (χ0) is 23.6. The number of Topliss-reactive ketones (excluding diaryl/α,β-unsaturated/α-hetero) is 1. The Labute approximate surface area is 203 Å². The molecule has 0 saturated carbocycles. The van der Waals surface area contributed by atoms with Crippen molar-refractivity contribution in [2.24, 2.45) is 11.8 Å². The Morgan fingerprint density at radius 2 is 1.75 bits per heavy atom. The van der Waals surface area contributed by atoms with E-state index in [1.807, 2.05) is 13.8 Å².